The highest BCUT2D eigenvalue weighted by Crippen LogP contribution is 2.44. The van der Waals surface area contributed by atoms with Gasteiger partial charge in [-0.1, -0.05) is 11.8 Å². The van der Waals surface area contributed by atoms with Crippen LogP contribution in [-0.4, -0.2) is 48.2 Å². The Hall–Kier alpha value is -0.860. The molecule has 1 heterocycles. The molecule has 0 aromatic rings. The largest absolute Gasteiger partial charge is 0.462 e. The number of carbonyl (C=O) groups excluding carboxylic acids is 3. The standard InChI is InChI=1S/C12H15ClO6S2/c1-3-17-10(15)9(11(16)18-4-2)12-20-6-8(21-12)19-7(14)5-13/h8H,3-6H2,1-2H3. The van der Waals surface area contributed by atoms with E-state index in [4.69, 9.17) is 25.8 Å². The van der Waals surface area contributed by atoms with Gasteiger partial charge in [-0.3, -0.25) is 4.79 Å². The maximum atomic E-state index is 11.9. The third-order valence-corrected chi connectivity index (χ3v) is 5.08. The Kier molecular flexibility index (Phi) is 7.98. The zero-order valence-electron chi connectivity index (χ0n) is 11.5. The Bertz CT molecular complexity index is 431. The monoisotopic (exact) mass is 354 g/mol. The van der Waals surface area contributed by atoms with Crippen LogP contribution in [0.5, 0.6) is 0 Å². The third kappa shape index (κ3) is 5.44. The summed E-state index contributed by atoms with van der Waals surface area (Å²) in [6, 6.07) is 0. The quantitative estimate of drug-likeness (QED) is 0.179. The van der Waals surface area contributed by atoms with Crippen molar-refractivity contribution in [3.63, 3.8) is 0 Å². The van der Waals surface area contributed by atoms with Gasteiger partial charge in [-0.25, -0.2) is 9.59 Å². The minimum absolute atomic E-state index is 0.148. The van der Waals surface area contributed by atoms with Crippen LogP contribution in [0.2, 0.25) is 0 Å². The van der Waals surface area contributed by atoms with Gasteiger partial charge in [0.15, 0.2) is 11.0 Å². The molecule has 1 unspecified atom stereocenters. The molecule has 1 rings (SSSR count). The molecule has 0 radical (unpaired) electrons. The minimum atomic E-state index is -0.740. The zero-order chi connectivity index (χ0) is 15.8. The van der Waals surface area contributed by atoms with E-state index in [9.17, 15) is 14.4 Å². The van der Waals surface area contributed by atoms with Crippen LogP contribution in [0.25, 0.3) is 0 Å². The lowest BCUT2D eigenvalue weighted by Gasteiger charge is -2.10. The average molecular weight is 355 g/mol. The molecule has 1 atom stereocenters. The molecule has 0 spiro atoms. The van der Waals surface area contributed by atoms with E-state index >= 15 is 0 Å². The molecule has 0 amide bonds. The lowest BCUT2D eigenvalue weighted by Crippen LogP contribution is -2.19. The van der Waals surface area contributed by atoms with E-state index in [-0.39, 0.29) is 24.7 Å². The van der Waals surface area contributed by atoms with Crippen LogP contribution < -0.4 is 0 Å². The molecular formula is C12H15ClO6S2. The van der Waals surface area contributed by atoms with Gasteiger partial charge in [-0.15, -0.1) is 23.4 Å². The molecule has 1 fully saturated rings. The molecule has 9 heteroatoms. The number of hydrogen-bond acceptors (Lipinski definition) is 8. The minimum Gasteiger partial charge on any atom is -0.462 e. The highest BCUT2D eigenvalue weighted by Gasteiger charge is 2.33. The number of thioether (sulfide) groups is 2. The molecule has 0 aromatic heterocycles. The first-order chi connectivity index (χ1) is 10.0. The number of ether oxygens (including phenoxy) is 3. The summed E-state index contributed by atoms with van der Waals surface area (Å²) in [5, 5.41) is 0. The van der Waals surface area contributed by atoms with Gasteiger partial charge >= 0.3 is 17.9 Å². The highest BCUT2D eigenvalue weighted by molar-refractivity contribution is 8.25. The summed E-state index contributed by atoms with van der Waals surface area (Å²) in [5.41, 5.74) is -0.645. The first kappa shape index (κ1) is 18.2. The van der Waals surface area contributed by atoms with Crippen molar-refractivity contribution in [1.29, 1.82) is 0 Å². The van der Waals surface area contributed by atoms with Crippen LogP contribution in [0, 0.1) is 0 Å². The molecule has 1 saturated heterocycles. The predicted molar refractivity (Wildman–Crippen MR) is 80.9 cm³/mol. The number of esters is 3. The summed E-state index contributed by atoms with van der Waals surface area (Å²) >= 11 is 7.71. The molecule has 0 N–H and O–H groups in total. The van der Waals surface area contributed by atoms with Crippen molar-refractivity contribution in [2.45, 2.75) is 19.3 Å². The van der Waals surface area contributed by atoms with E-state index < -0.39 is 23.3 Å². The van der Waals surface area contributed by atoms with E-state index in [2.05, 4.69) is 0 Å². The summed E-state index contributed by atoms with van der Waals surface area (Å²) in [7, 11) is 0. The van der Waals surface area contributed by atoms with Gasteiger partial charge in [0.1, 0.15) is 5.88 Å². The van der Waals surface area contributed by atoms with Crippen LogP contribution in [0.3, 0.4) is 0 Å². The number of rotatable bonds is 6. The van der Waals surface area contributed by atoms with Gasteiger partial charge in [-0.05, 0) is 13.8 Å². The normalized spacial score (nSPS) is 17.3. The summed E-state index contributed by atoms with van der Waals surface area (Å²) in [5.74, 6) is -1.86. The van der Waals surface area contributed by atoms with E-state index in [0.29, 0.717) is 9.99 Å². The maximum Gasteiger partial charge on any atom is 0.347 e. The number of hydrogen-bond donors (Lipinski definition) is 0. The Morgan fingerprint density at radius 3 is 2.24 bits per heavy atom. The molecule has 1 aliphatic heterocycles. The molecule has 0 saturated carbocycles. The van der Waals surface area contributed by atoms with Crippen LogP contribution in [0.15, 0.2) is 9.81 Å². The van der Waals surface area contributed by atoms with Crippen molar-refractivity contribution in [3.05, 3.63) is 9.81 Å². The Morgan fingerprint density at radius 1 is 1.19 bits per heavy atom. The molecule has 0 aromatic carbocycles. The Balaban J connectivity index is 2.88. The van der Waals surface area contributed by atoms with Crippen LogP contribution in [-0.2, 0) is 28.6 Å². The van der Waals surface area contributed by atoms with Crippen molar-refractivity contribution in [2.24, 2.45) is 0 Å². The molecule has 6 nitrogen and oxygen atoms in total. The fraction of sp³-hybridized carbons (Fsp3) is 0.583. The SMILES string of the molecule is CCOC(=O)C(C(=O)OCC)=C1SCC(OC(=O)CCl)S1. The topological polar surface area (TPSA) is 78.9 Å². The molecular weight excluding hydrogens is 340 g/mol. The fourth-order valence-corrected chi connectivity index (χ4v) is 4.04. The Labute approximate surface area is 135 Å². The van der Waals surface area contributed by atoms with E-state index in [1.165, 1.54) is 11.8 Å². The molecule has 118 valence electrons. The van der Waals surface area contributed by atoms with E-state index in [1.54, 1.807) is 13.8 Å². The molecule has 21 heavy (non-hydrogen) atoms. The first-order valence-electron chi connectivity index (χ1n) is 6.16. The molecule has 1 aliphatic rings. The number of alkyl halides is 1. The van der Waals surface area contributed by atoms with Crippen LogP contribution in [0.4, 0.5) is 0 Å². The molecule has 0 aliphatic carbocycles. The number of halogens is 1. The van der Waals surface area contributed by atoms with Gasteiger partial charge in [0.25, 0.3) is 0 Å². The Morgan fingerprint density at radius 2 is 1.76 bits per heavy atom. The zero-order valence-corrected chi connectivity index (χ0v) is 13.9. The lowest BCUT2D eigenvalue weighted by atomic mass is 10.3. The first-order valence-corrected chi connectivity index (χ1v) is 8.56. The maximum absolute atomic E-state index is 11.9. The third-order valence-electron chi connectivity index (χ3n) is 2.12. The smallest absolute Gasteiger partial charge is 0.347 e. The second kappa shape index (κ2) is 9.22. The van der Waals surface area contributed by atoms with Gasteiger partial charge in [0.05, 0.1) is 17.5 Å². The van der Waals surface area contributed by atoms with Crippen molar-refractivity contribution in [1.82, 2.24) is 0 Å². The van der Waals surface area contributed by atoms with Gasteiger partial charge in [-0.2, -0.15) is 0 Å². The van der Waals surface area contributed by atoms with Crippen molar-refractivity contribution >= 4 is 53.0 Å². The van der Waals surface area contributed by atoms with Crippen LogP contribution >= 0.6 is 35.1 Å². The van der Waals surface area contributed by atoms with Gasteiger partial charge < -0.3 is 14.2 Å². The fourth-order valence-electron chi connectivity index (χ4n) is 1.35. The van der Waals surface area contributed by atoms with Crippen molar-refractivity contribution in [2.75, 3.05) is 24.8 Å². The summed E-state index contributed by atoms with van der Waals surface area (Å²) in [6.45, 7) is 3.58. The van der Waals surface area contributed by atoms with E-state index in [0.717, 1.165) is 11.8 Å². The summed E-state index contributed by atoms with van der Waals surface area (Å²) in [6.07, 6.45) is 0. The average Bonchev–Trinajstić information content (AvgIpc) is 2.87. The highest BCUT2D eigenvalue weighted by atomic mass is 35.5. The summed E-state index contributed by atoms with van der Waals surface area (Å²) < 4.78 is 15.2. The van der Waals surface area contributed by atoms with Crippen molar-refractivity contribution in [3.8, 4) is 0 Å². The van der Waals surface area contributed by atoms with Crippen LogP contribution in [0.1, 0.15) is 13.8 Å². The van der Waals surface area contributed by atoms with Gasteiger partial charge in [0, 0.05) is 5.75 Å². The second-order valence-corrected chi connectivity index (χ2v) is 6.31. The van der Waals surface area contributed by atoms with Crippen molar-refractivity contribution < 1.29 is 28.6 Å². The lowest BCUT2D eigenvalue weighted by molar-refractivity contribution is -0.146. The van der Waals surface area contributed by atoms with Gasteiger partial charge in [0.2, 0.25) is 0 Å². The predicted octanol–water partition coefficient (Wildman–Crippen LogP) is 1.91. The molecule has 0 bridgehead atoms. The second-order valence-electron chi connectivity index (χ2n) is 3.59. The summed E-state index contributed by atoms with van der Waals surface area (Å²) in [4.78, 5) is 34.9. The number of carbonyl (C=O) groups is 3. The van der Waals surface area contributed by atoms with E-state index in [1.807, 2.05) is 0 Å².